The van der Waals surface area contributed by atoms with Crippen LogP contribution in [0.3, 0.4) is 0 Å². The van der Waals surface area contributed by atoms with Crippen molar-refractivity contribution in [3.05, 3.63) is 114 Å². The molecule has 0 fully saturated rings. The van der Waals surface area contributed by atoms with Crippen molar-refractivity contribution in [2.75, 3.05) is 4.90 Å². The van der Waals surface area contributed by atoms with Crippen molar-refractivity contribution in [1.29, 1.82) is 5.41 Å². The molecule has 170 valence electrons. The Morgan fingerprint density at radius 3 is 2.03 bits per heavy atom. The fourth-order valence-electron chi connectivity index (χ4n) is 3.97. The molecule has 1 aliphatic rings. The maximum atomic E-state index is 15.0. The number of nitrogens with one attached hydrogen (secondary N) is 1. The number of amidine groups is 1. The number of rotatable bonds is 6. The van der Waals surface area contributed by atoms with Gasteiger partial charge in [0.05, 0.1) is 6.54 Å². The molecular formula is C25H24FN3O3S. The number of hydrogen-bond acceptors (Lipinski definition) is 5. The quantitative estimate of drug-likeness (QED) is 0.494. The second kappa shape index (κ2) is 9.07. The second-order valence-corrected chi connectivity index (χ2v) is 9.63. The molecule has 1 heterocycles. The summed E-state index contributed by atoms with van der Waals surface area (Å²) < 4.78 is 43.3. The van der Waals surface area contributed by atoms with E-state index >= 15 is 0 Å². The monoisotopic (exact) mass is 465 g/mol. The van der Waals surface area contributed by atoms with E-state index in [2.05, 4.69) is 0 Å². The van der Waals surface area contributed by atoms with Crippen LogP contribution in [0.1, 0.15) is 23.3 Å². The number of aliphatic hydroxyl groups excluding tert-OH is 1. The van der Waals surface area contributed by atoms with E-state index in [-0.39, 0.29) is 12.2 Å². The summed E-state index contributed by atoms with van der Waals surface area (Å²) in [5.74, 6) is -1.07. The molecule has 0 radical (unpaired) electrons. The summed E-state index contributed by atoms with van der Waals surface area (Å²) in [7, 11) is -4.24. The standard InChI is InChI=1S/C25H24FN3O3S/c1-18(26)29(21-15-9-4-10-16-21)22-23(30)24(20-13-7-3-8-14-20)33(31,32)28(25(22)27)17-19-11-5-2-6-12-19/h2-16,18,24,27,30H,17H2,1H3. The zero-order valence-corrected chi connectivity index (χ0v) is 18.8. The number of sulfonamides is 1. The summed E-state index contributed by atoms with van der Waals surface area (Å²) in [6, 6.07) is 25.6. The van der Waals surface area contributed by atoms with Gasteiger partial charge < -0.3 is 10.0 Å². The average Bonchev–Trinajstić information content (AvgIpc) is 2.81. The van der Waals surface area contributed by atoms with Gasteiger partial charge in [-0.2, -0.15) is 0 Å². The predicted octanol–water partition coefficient (Wildman–Crippen LogP) is 5.14. The summed E-state index contributed by atoms with van der Waals surface area (Å²) >= 11 is 0. The van der Waals surface area contributed by atoms with Gasteiger partial charge in [-0.3, -0.25) is 5.41 Å². The van der Waals surface area contributed by atoms with Crippen LogP contribution in [0.2, 0.25) is 0 Å². The molecule has 8 heteroatoms. The third-order valence-corrected chi connectivity index (χ3v) is 7.49. The summed E-state index contributed by atoms with van der Waals surface area (Å²) in [5.41, 5.74) is 1.20. The van der Waals surface area contributed by atoms with E-state index in [0.29, 0.717) is 16.8 Å². The smallest absolute Gasteiger partial charge is 0.251 e. The molecule has 0 bridgehead atoms. The molecule has 6 nitrogen and oxygen atoms in total. The minimum absolute atomic E-state index is 0.120. The number of nitrogens with zero attached hydrogens (tertiary/aromatic N) is 2. The molecule has 0 aliphatic carbocycles. The maximum Gasteiger partial charge on any atom is 0.251 e. The molecule has 0 amide bonds. The molecule has 2 atom stereocenters. The summed E-state index contributed by atoms with van der Waals surface area (Å²) in [6.45, 7) is 1.16. The Hall–Kier alpha value is -3.65. The van der Waals surface area contributed by atoms with Crippen molar-refractivity contribution in [2.45, 2.75) is 25.0 Å². The van der Waals surface area contributed by atoms with Gasteiger partial charge in [0.1, 0.15) is 11.5 Å². The van der Waals surface area contributed by atoms with Gasteiger partial charge in [-0.1, -0.05) is 78.9 Å². The minimum atomic E-state index is -4.24. The number of hydrogen-bond donors (Lipinski definition) is 2. The second-order valence-electron chi connectivity index (χ2n) is 7.69. The SMILES string of the molecule is CC(F)N(C1=C(O)C(c2ccccc2)S(=O)(=O)N(Cc2ccccc2)C1=N)c1ccccc1. The van der Waals surface area contributed by atoms with Crippen molar-refractivity contribution >= 4 is 21.5 Å². The fourth-order valence-corrected chi connectivity index (χ4v) is 5.79. The molecule has 3 aromatic rings. The van der Waals surface area contributed by atoms with E-state index in [0.717, 1.165) is 9.21 Å². The van der Waals surface area contributed by atoms with Gasteiger partial charge in [-0.15, -0.1) is 0 Å². The zero-order valence-electron chi connectivity index (χ0n) is 18.0. The fraction of sp³-hybridized carbons (Fsp3) is 0.160. The lowest BCUT2D eigenvalue weighted by Gasteiger charge is -2.40. The van der Waals surface area contributed by atoms with Crippen molar-refractivity contribution < 1.29 is 17.9 Å². The van der Waals surface area contributed by atoms with Crippen LogP contribution in [0.15, 0.2) is 102 Å². The van der Waals surface area contributed by atoms with Crippen molar-refractivity contribution in [1.82, 2.24) is 4.31 Å². The Kier molecular flexibility index (Phi) is 6.20. The first-order chi connectivity index (χ1) is 15.8. The number of aliphatic hydroxyl groups is 1. The average molecular weight is 466 g/mol. The van der Waals surface area contributed by atoms with Crippen molar-refractivity contribution in [3.8, 4) is 0 Å². The van der Waals surface area contributed by atoms with Gasteiger partial charge >= 0.3 is 0 Å². The third kappa shape index (κ3) is 4.21. The largest absolute Gasteiger partial charge is 0.508 e. The van der Waals surface area contributed by atoms with Gasteiger partial charge in [-0.25, -0.2) is 17.1 Å². The van der Waals surface area contributed by atoms with E-state index in [1.807, 2.05) is 6.07 Å². The van der Waals surface area contributed by atoms with Crippen LogP contribution in [-0.2, 0) is 16.6 Å². The Morgan fingerprint density at radius 2 is 1.48 bits per heavy atom. The van der Waals surface area contributed by atoms with Crippen LogP contribution in [0.25, 0.3) is 0 Å². The summed E-state index contributed by atoms with van der Waals surface area (Å²) in [4.78, 5) is 1.15. The van der Waals surface area contributed by atoms with Gasteiger partial charge in [-0.05, 0) is 30.2 Å². The highest BCUT2D eigenvalue weighted by molar-refractivity contribution is 7.90. The third-order valence-electron chi connectivity index (χ3n) is 5.47. The van der Waals surface area contributed by atoms with Gasteiger partial charge in [0.25, 0.3) is 10.0 Å². The number of alkyl halides is 1. The maximum absolute atomic E-state index is 15.0. The lowest BCUT2D eigenvalue weighted by atomic mass is 10.1. The first-order valence-corrected chi connectivity index (χ1v) is 11.9. The molecule has 0 saturated heterocycles. The van der Waals surface area contributed by atoms with Crippen molar-refractivity contribution in [2.24, 2.45) is 0 Å². The number of halogens is 1. The zero-order chi connectivity index (χ0) is 23.6. The van der Waals surface area contributed by atoms with E-state index < -0.39 is 33.2 Å². The Morgan fingerprint density at radius 1 is 0.970 bits per heavy atom. The molecule has 33 heavy (non-hydrogen) atoms. The van der Waals surface area contributed by atoms with Gasteiger partial charge in [0.2, 0.25) is 0 Å². The lowest BCUT2D eigenvalue weighted by Crippen LogP contribution is -2.49. The number of benzene rings is 3. The Labute approximate surface area is 192 Å². The number of anilines is 1. The minimum Gasteiger partial charge on any atom is -0.508 e. The molecular weight excluding hydrogens is 441 g/mol. The van der Waals surface area contributed by atoms with Crippen molar-refractivity contribution in [3.63, 3.8) is 0 Å². The normalized spacial score (nSPS) is 18.8. The molecule has 4 rings (SSSR count). The van der Waals surface area contributed by atoms with E-state index in [9.17, 15) is 17.9 Å². The highest BCUT2D eigenvalue weighted by Gasteiger charge is 2.47. The first-order valence-electron chi connectivity index (χ1n) is 10.4. The predicted molar refractivity (Wildman–Crippen MR) is 127 cm³/mol. The molecule has 0 spiro atoms. The Bertz CT molecular complexity index is 1260. The van der Waals surface area contributed by atoms with Gasteiger partial charge in [0, 0.05) is 5.69 Å². The van der Waals surface area contributed by atoms with Crippen LogP contribution in [-0.4, -0.2) is 30.0 Å². The van der Waals surface area contributed by atoms with Crippen LogP contribution in [0.4, 0.5) is 10.1 Å². The summed E-state index contributed by atoms with van der Waals surface area (Å²) in [5, 5.41) is 18.6. The van der Waals surface area contributed by atoms with E-state index in [4.69, 9.17) is 5.41 Å². The highest BCUT2D eigenvalue weighted by Crippen LogP contribution is 2.41. The van der Waals surface area contributed by atoms with E-state index in [1.165, 1.54) is 6.92 Å². The topological polar surface area (TPSA) is 84.7 Å². The Balaban J connectivity index is 1.94. The van der Waals surface area contributed by atoms with E-state index in [1.54, 1.807) is 84.9 Å². The first kappa shape index (κ1) is 22.5. The number of para-hydroxylation sites is 1. The van der Waals surface area contributed by atoms with Crippen LogP contribution < -0.4 is 4.90 Å². The van der Waals surface area contributed by atoms with Crippen LogP contribution in [0, 0.1) is 5.41 Å². The molecule has 0 saturated carbocycles. The molecule has 2 N–H and O–H groups in total. The highest BCUT2D eigenvalue weighted by atomic mass is 32.2. The molecule has 1 aliphatic heterocycles. The molecule has 0 aromatic heterocycles. The van der Waals surface area contributed by atoms with Crippen LogP contribution >= 0.6 is 0 Å². The molecule has 2 unspecified atom stereocenters. The summed E-state index contributed by atoms with van der Waals surface area (Å²) in [6.07, 6.45) is -1.64. The van der Waals surface area contributed by atoms with Gasteiger partial charge in [0.15, 0.2) is 17.4 Å². The lowest BCUT2D eigenvalue weighted by molar-refractivity contribution is 0.336. The molecule has 3 aromatic carbocycles. The van der Waals surface area contributed by atoms with Crippen LogP contribution in [0.5, 0.6) is 0 Å².